The van der Waals surface area contributed by atoms with E-state index in [9.17, 15) is 19.8 Å². The first kappa shape index (κ1) is 25.5. The summed E-state index contributed by atoms with van der Waals surface area (Å²) in [6, 6.07) is 3.41. The molecule has 0 radical (unpaired) electrons. The lowest BCUT2D eigenvalue weighted by Crippen LogP contribution is -2.40. The Hall–Kier alpha value is -3.13. The van der Waals surface area contributed by atoms with E-state index in [0.717, 1.165) is 0 Å². The number of aromatic nitrogens is 3. The van der Waals surface area contributed by atoms with Crippen LogP contribution in [0.25, 0.3) is 22.4 Å². The van der Waals surface area contributed by atoms with E-state index < -0.39 is 29.7 Å². The van der Waals surface area contributed by atoms with Crippen LogP contribution in [0.2, 0.25) is 0 Å². The molecular weight excluding hydrogens is 504 g/mol. The van der Waals surface area contributed by atoms with Crippen molar-refractivity contribution in [1.82, 2.24) is 14.5 Å². The number of thioether (sulfide) groups is 1. The van der Waals surface area contributed by atoms with E-state index >= 15 is 0 Å². The molecule has 2 saturated heterocycles. The third-order valence-electron chi connectivity index (χ3n) is 5.93. The van der Waals surface area contributed by atoms with Gasteiger partial charge in [-0.3, -0.25) is 0 Å². The Morgan fingerprint density at radius 1 is 1.24 bits per heavy atom. The first-order valence-corrected chi connectivity index (χ1v) is 12.6. The van der Waals surface area contributed by atoms with Gasteiger partial charge in [0.05, 0.1) is 23.5 Å². The number of ether oxygens (including phenoxy) is 3. The molecule has 4 atom stereocenters. The highest BCUT2D eigenvalue weighted by atomic mass is 32.2. The third kappa shape index (κ3) is 4.56. The average molecular weight is 533 g/mol. The van der Waals surface area contributed by atoms with Gasteiger partial charge in [-0.2, -0.15) is 4.90 Å². The number of anilines is 1. The summed E-state index contributed by atoms with van der Waals surface area (Å²) in [7, 11) is 0. The maximum atomic E-state index is 13.0. The summed E-state index contributed by atoms with van der Waals surface area (Å²) in [4.78, 5) is 34.4. The SMILES string of the molecule is CC(C)(C)OC(=O)N(C(=O)O)c1ncnc2c1c(-c1ccco1)cn2[C@@H]1S[C@H](CO)[C@H]2OC(C)(C)O[C@H]21. The highest BCUT2D eigenvalue weighted by Crippen LogP contribution is 2.52. The Bertz CT molecular complexity index is 1330. The van der Waals surface area contributed by atoms with Crippen LogP contribution in [0.4, 0.5) is 15.4 Å². The number of fused-ring (bicyclic) bond motifs is 2. The van der Waals surface area contributed by atoms with Gasteiger partial charge in [0.2, 0.25) is 0 Å². The number of nitrogens with zero attached hydrogens (tertiary/aromatic N) is 4. The van der Waals surface area contributed by atoms with Crippen molar-refractivity contribution >= 4 is 40.8 Å². The van der Waals surface area contributed by atoms with Crippen molar-refractivity contribution in [2.75, 3.05) is 11.5 Å². The van der Waals surface area contributed by atoms with Gasteiger partial charge in [0.25, 0.3) is 0 Å². The van der Waals surface area contributed by atoms with Crippen LogP contribution in [-0.2, 0) is 14.2 Å². The highest BCUT2D eigenvalue weighted by molar-refractivity contribution is 8.00. The molecule has 13 heteroatoms. The Labute approximate surface area is 216 Å². The van der Waals surface area contributed by atoms with Gasteiger partial charge >= 0.3 is 12.2 Å². The quantitative estimate of drug-likeness (QED) is 0.497. The zero-order valence-corrected chi connectivity index (χ0v) is 21.8. The minimum Gasteiger partial charge on any atom is -0.464 e. The predicted molar refractivity (Wildman–Crippen MR) is 133 cm³/mol. The summed E-state index contributed by atoms with van der Waals surface area (Å²) < 4.78 is 25.1. The second-order valence-electron chi connectivity index (χ2n) is 10.2. The monoisotopic (exact) mass is 532 g/mol. The number of hydrogen-bond donors (Lipinski definition) is 2. The van der Waals surface area contributed by atoms with Crippen molar-refractivity contribution in [1.29, 1.82) is 0 Å². The molecule has 0 aliphatic carbocycles. The second kappa shape index (κ2) is 9.01. The fourth-order valence-corrected chi connectivity index (χ4v) is 6.11. The fraction of sp³-hybridized carbons (Fsp3) is 0.500. The molecule has 0 aromatic carbocycles. The second-order valence-corrected chi connectivity index (χ2v) is 11.6. The molecule has 3 aromatic heterocycles. The lowest BCUT2D eigenvalue weighted by Gasteiger charge is -2.25. The molecule has 198 valence electrons. The molecule has 5 rings (SSSR count). The molecule has 3 aromatic rings. The van der Waals surface area contributed by atoms with Crippen molar-refractivity contribution in [3.8, 4) is 11.3 Å². The Kier molecular flexibility index (Phi) is 6.21. The van der Waals surface area contributed by atoms with Crippen LogP contribution in [0.15, 0.2) is 35.3 Å². The lowest BCUT2D eigenvalue weighted by molar-refractivity contribution is -0.149. The molecular formula is C24H28N4O8S. The summed E-state index contributed by atoms with van der Waals surface area (Å²) in [5.74, 6) is -0.582. The molecule has 0 spiro atoms. The molecule has 2 N–H and O–H groups in total. The zero-order valence-electron chi connectivity index (χ0n) is 20.9. The normalized spacial score (nSPS) is 24.8. The number of carboxylic acid groups (broad SMARTS) is 1. The number of hydrogen-bond acceptors (Lipinski definition) is 10. The number of furan rings is 1. The van der Waals surface area contributed by atoms with Crippen molar-refractivity contribution in [2.45, 2.75) is 68.8 Å². The van der Waals surface area contributed by atoms with Crippen LogP contribution in [0.5, 0.6) is 0 Å². The summed E-state index contributed by atoms with van der Waals surface area (Å²) >= 11 is 1.47. The van der Waals surface area contributed by atoms with Crippen LogP contribution in [-0.4, -0.2) is 72.4 Å². The Balaban J connectivity index is 1.69. The van der Waals surface area contributed by atoms with E-state index in [2.05, 4.69) is 9.97 Å². The number of carbonyl (C=O) groups excluding carboxylic acids is 1. The van der Waals surface area contributed by atoms with E-state index in [1.165, 1.54) is 24.4 Å². The Morgan fingerprint density at radius 2 is 1.97 bits per heavy atom. The van der Waals surface area contributed by atoms with E-state index in [1.54, 1.807) is 39.1 Å². The molecule has 0 saturated carbocycles. The third-order valence-corrected chi connectivity index (χ3v) is 7.48. The van der Waals surface area contributed by atoms with Crippen LogP contribution in [0, 0.1) is 0 Å². The number of rotatable bonds is 4. The number of carbonyl (C=O) groups is 2. The molecule has 37 heavy (non-hydrogen) atoms. The Morgan fingerprint density at radius 3 is 2.59 bits per heavy atom. The molecule has 0 bridgehead atoms. The summed E-state index contributed by atoms with van der Waals surface area (Å²) in [6.45, 7) is 8.44. The van der Waals surface area contributed by atoms with Gasteiger partial charge in [0.1, 0.15) is 40.9 Å². The van der Waals surface area contributed by atoms with E-state index in [1.807, 2.05) is 18.4 Å². The van der Waals surface area contributed by atoms with Gasteiger partial charge in [-0.15, -0.1) is 11.8 Å². The van der Waals surface area contributed by atoms with E-state index in [0.29, 0.717) is 21.9 Å². The van der Waals surface area contributed by atoms with Gasteiger partial charge in [-0.05, 0) is 46.8 Å². The van der Waals surface area contributed by atoms with Gasteiger partial charge in [-0.25, -0.2) is 19.6 Å². The minimum absolute atomic E-state index is 0.113. The minimum atomic E-state index is -1.56. The van der Waals surface area contributed by atoms with Crippen LogP contribution in [0.1, 0.15) is 40.0 Å². The van der Waals surface area contributed by atoms with Crippen molar-refractivity contribution in [3.05, 3.63) is 30.9 Å². The van der Waals surface area contributed by atoms with Crippen LogP contribution < -0.4 is 4.90 Å². The van der Waals surface area contributed by atoms with Crippen molar-refractivity contribution in [2.24, 2.45) is 0 Å². The standard InChI is InChI=1S/C24H28N4O8S/c1-23(2,3)36-22(32)28(21(30)31)19-15-12(13-7-6-8-33-13)9-27(18(15)25-11-26-19)20-17-16(14(10-29)37-20)34-24(4,5)35-17/h6-9,11,14,16-17,20,29H,10H2,1-5H3,(H,30,31)/t14-,16-,17-,20-/m1/s1. The van der Waals surface area contributed by atoms with Gasteiger partial charge in [0.15, 0.2) is 11.6 Å². The molecule has 0 unspecified atom stereocenters. The molecule has 12 nitrogen and oxygen atoms in total. The smallest absolute Gasteiger partial charge is 0.425 e. The van der Waals surface area contributed by atoms with Crippen molar-refractivity contribution < 1.29 is 38.4 Å². The lowest BCUT2D eigenvalue weighted by atomic mass is 10.1. The fourth-order valence-electron chi connectivity index (χ4n) is 4.64. The van der Waals surface area contributed by atoms with Crippen molar-refractivity contribution in [3.63, 3.8) is 0 Å². The average Bonchev–Trinajstić information content (AvgIpc) is 3.54. The van der Waals surface area contributed by atoms with Gasteiger partial charge in [0, 0.05) is 11.8 Å². The maximum Gasteiger partial charge on any atom is 0.425 e. The molecule has 2 fully saturated rings. The first-order valence-electron chi connectivity index (χ1n) is 11.7. The summed E-state index contributed by atoms with van der Waals surface area (Å²) in [6.07, 6.45) is 1.01. The van der Waals surface area contributed by atoms with E-state index in [4.69, 9.17) is 18.6 Å². The highest BCUT2D eigenvalue weighted by Gasteiger charge is 2.55. The summed E-state index contributed by atoms with van der Waals surface area (Å²) in [5, 5.41) is 19.7. The van der Waals surface area contributed by atoms with Gasteiger partial charge in [-0.1, -0.05) is 0 Å². The van der Waals surface area contributed by atoms with Gasteiger partial charge < -0.3 is 33.4 Å². The number of aliphatic hydroxyl groups is 1. The van der Waals surface area contributed by atoms with E-state index in [-0.39, 0.29) is 34.5 Å². The number of imide groups is 1. The largest absolute Gasteiger partial charge is 0.464 e. The molecule has 2 aliphatic rings. The number of aliphatic hydroxyl groups excluding tert-OH is 1. The van der Waals surface area contributed by atoms with Crippen LogP contribution in [0.3, 0.4) is 0 Å². The molecule has 2 aliphatic heterocycles. The zero-order chi connectivity index (χ0) is 26.7. The molecule has 2 amide bonds. The first-order chi connectivity index (χ1) is 17.4. The number of amides is 2. The molecule has 5 heterocycles. The summed E-state index contributed by atoms with van der Waals surface area (Å²) in [5.41, 5.74) is -0.101. The van der Waals surface area contributed by atoms with Crippen LogP contribution >= 0.6 is 11.8 Å². The maximum absolute atomic E-state index is 13.0. The topological polar surface area (TPSA) is 149 Å². The predicted octanol–water partition coefficient (Wildman–Crippen LogP) is 4.24.